The van der Waals surface area contributed by atoms with Gasteiger partial charge in [-0.1, -0.05) is 44.2 Å². The Morgan fingerprint density at radius 3 is 2.67 bits per heavy atom. The summed E-state index contributed by atoms with van der Waals surface area (Å²) in [5.41, 5.74) is 4.32. The largest absolute Gasteiger partial charge is 0.391 e. The fourth-order valence-electron chi connectivity index (χ4n) is 4.33. The molecule has 2 atom stereocenters. The molecular formula is C27H36N4O4S. The van der Waals surface area contributed by atoms with E-state index in [1.54, 1.807) is 16.7 Å². The Bertz CT molecular complexity index is 1080. The van der Waals surface area contributed by atoms with Crippen LogP contribution in [0.25, 0.3) is 4.91 Å². The minimum atomic E-state index is -0.648. The molecule has 1 fully saturated rings. The molecule has 0 spiro atoms. The zero-order valence-electron chi connectivity index (χ0n) is 21.7. The van der Waals surface area contributed by atoms with Crippen LogP contribution < -0.4 is 5.32 Å². The van der Waals surface area contributed by atoms with Crippen LogP contribution in [-0.4, -0.2) is 71.9 Å². The molecule has 1 saturated heterocycles. The molecule has 2 aliphatic rings. The third-order valence-electron chi connectivity index (χ3n) is 6.12. The van der Waals surface area contributed by atoms with E-state index in [0.717, 1.165) is 28.3 Å². The molecule has 2 amide bonds. The number of β-amino-alcohol motifs (C(OH)–C–C–N with tert-alkyl or cyclic N) is 1. The lowest BCUT2D eigenvalue weighted by molar-refractivity contribution is -0.126. The number of likely N-dealkylation sites (tertiary alicyclic amines) is 1. The van der Waals surface area contributed by atoms with Crippen LogP contribution in [-0.2, 0) is 20.9 Å². The molecule has 2 aliphatic heterocycles. The highest BCUT2D eigenvalue weighted by atomic mass is 32.2. The van der Waals surface area contributed by atoms with E-state index in [2.05, 4.69) is 39.6 Å². The smallest absolute Gasteiger partial charge is 0.272 e. The lowest BCUT2D eigenvalue weighted by Crippen LogP contribution is -2.45. The van der Waals surface area contributed by atoms with Crippen molar-refractivity contribution in [2.24, 2.45) is 15.9 Å². The van der Waals surface area contributed by atoms with Crippen LogP contribution >= 0.6 is 11.8 Å². The van der Waals surface area contributed by atoms with Crippen molar-refractivity contribution >= 4 is 40.4 Å². The Hall–Kier alpha value is -2.75. The number of nitrogens with zero attached hydrogens (tertiary/aromatic N) is 3. The SMILES string of the molecule is C/C=C(\NCc1ccc(C2=C(C)N=CCS2)cc1)[C@@H]1C[C@@H](O)CN1C(=O)C(=NC(=O)COC)C(C)C. The van der Waals surface area contributed by atoms with Gasteiger partial charge in [-0.2, -0.15) is 0 Å². The van der Waals surface area contributed by atoms with Gasteiger partial charge in [0.05, 0.1) is 17.8 Å². The second-order valence-corrected chi connectivity index (χ2v) is 10.2. The molecule has 3 rings (SSSR count). The number of rotatable bonds is 9. The zero-order valence-corrected chi connectivity index (χ0v) is 22.5. The normalized spacial score (nSPS) is 20.9. The van der Waals surface area contributed by atoms with Crippen molar-refractivity contribution in [3.63, 3.8) is 0 Å². The quantitative estimate of drug-likeness (QED) is 0.492. The summed E-state index contributed by atoms with van der Waals surface area (Å²) in [6.45, 7) is 8.18. The van der Waals surface area contributed by atoms with Gasteiger partial charge in [0.1, 0.15) is 12.3 Å². The highest BCUT2D eigenvalue weighted by Crippen LogP contribution is 2.33. The average Bonchev–Trinajstić information content (AvgIpc) is 3.24. The fraction of sp³-hybridized carbons (Fsp3) is 0.481. The number of aliphatic hydroxyl groups excluding tert-OH is 1. The topological polar surface area (TPSA) is 104 Å². The number of amides is 2. The lowest BCUT2D eigenvalue weighted by Gasteiger charge is -2.28. The number of hydrogen-bond donors (Lipinski definition) is 2. The molecule has 194 valence electrons. The van der Waals surface area contributed by atoms with E-state index in [4.69, 9.17) is 4.74 Å². The number of ether oxygens (including phenoxy) is 1. The maximum absolute atomic E-state index is 13.4. The van der Waals surface area contributed by atoms with Crippen LogP contribution in [0.5, 0.6) is 0 Å². The van der Waals surface area contributed by atoms with Gasteiger partial charge in [0, 0.05) is 55.1 Å². The van der Waals surface area contributed by atoms with Gasteiger partial charge in [-0.3, -0.25) is 14.6 Å². The maximum atomic E-state index is 13.4. The van der Waals surface area contributed by atoms with Crippen LogP contribution in [0.1, 0.15) is 45.2 Å². The Labute approximate surface area is 217 Å². The van der Waals surface area contributed by atoms with E-state index in [-0.39, 0.29) is 36.7 Å². The number of aliphatic hydroxyl groups is 1. The van der Waals surface area contributed by atoms with Gasteiger partial charge >= 0.3 is 0 Å². The third kappa shape index (κ3) is 6.93. The summed E-state index contributed by atoms with van der Waals surface area (Å²) >= 11 is 1.79. The van der Waals surface area contributed by atoms with Crippen LogP contribution in [0.3, 0.4) is 0 Å². The van der Waals surface area contributed by atoms with E-state index in [1.165, 1.54) is 12.0 Å². The molecular weight excluding hydrogens is 476 g/mol. The van der Waals surface area contributed by atoms with Gasteiger partial charge in [0.25, 0.3) is 11.8 Å². The van der Waals surface area contributed by atoms with Crippen LogP contribution in [0.15, 0.2) is 51.7 Å². The lowest BCUT2D eigenvalue weighted by atomic mass is 10.0. The van der Waals surface area contributed by atoms with Crippen molar-refractivity contribution in [1.29, 1.82) is 0 Å². The van der Waals surface area contributed by atoms with Gasteiger partial charge in [-0.25, -0.2) is 4.99 Å². The van der Waals surface area contributed by atoms with Crippen molar-refractivity contribution in [1.82, 2.24) is 10.2 Å². The summed E-state index contributed by atoms with van der Waals surface area (Å²) in [7, 11) is 1.41. The number of thioether (sulfide) groups is 1. The van der Waals surface area contributed by atoms with Gasteiger partial charge in [-0.05, 0) is 25.0 Å². The summed E-state index contributed by atoms with van der Waals surface area (Å²) in [6, 6.07) is 8.06. The molecule has 0 aromatic heterocycles. The van der Waals surface area contributed by atoms with Gasteiger partial charge in [0.2, 0.25) is 0 Å². The first-order valence-corrected chi connectivity index (χ1v) is 13.2. The Morgan fingerprint density at radius 1 is 1.33 bits per heavy atom. The van der Waals surface area contributed by atoms with E-state index in [9.17, 15) is 14.7 Å². The molecule has 1 aromatic rings. The third-order valence-corrected chi connectivity index (χ3v) is 7.25. The number of benzene rings is 1. The minimum Gasteiger partial charge on any atom is -0.391 e. The monoisotopic (exact) mass is 512 g/mol. The van der Waals surface area contributed by atoms with Crippen molar-refractivity contribution < 1.29 is 19.4 Å². The highest BCUT2D eigenvalue weighted by molar-refractivity contribution is 8.08. The molecule has 0 unspecified atom stereocenters. The first-order valence-electron chi connectivity index (χ1n) is 12.2. The van der Waals surface area contributed by atoms with E-state index in [1.807, 2.05) is 40.0 Å². The number of hydrogen-bond acceptors (Lipinski definition) is 7. The molecule has 1 aromatic carbocycles. The standard InChI is InChI=1S/C27H36N4O4S/c1-6-22(29-14-19-7-9-20(10-8-19)26-18(4)28-11-12-36-26)23-13-21(32)15-31(23)27(34)25(17(2)3)30-24(33)16-35-5/h6-11,17,21,23,29,32H,12-16H2,1-5H3/b22-6-,30-25?/t21-,23+/m1/s1. The summed E-state index contributed by atoms with van der Waals surface area (Å²) in [5, 5.41) is 13.9. The van der Waals surface area contributed by atoms with Gasteiger partial charge < -0.3 is 20.1 Å². The number of methoxy groups -OCH3 is 1. The minimum absolute atomic E-state index is 0.178. The van der Waals surface area contributed by atoms with E-state index >= 15 is 0 Å². The Morgan fingerprint density at radius 2 is 2.06 bits per heavy atom. The predicted octanol–water partition coefficient (Wildman–Crippen LogP) is 3.42. The first-order chi connectivity index (χ1) is 17.2. The molecule has 0 aliphatic carbocycles. The molecule has 36 heavy (non-hydrogen) atoms. The van der Waals surface area contributed by atoms with Crippen molar-refractivity contribution in [3.05, 3.63) is 52.9 Å². The van der Waals surface area contributed by atoms with Gasteiger partial charge in [-0.15, -0.1) is 11.8 Å². The number of allylic oxidation sites excluding steroid dienone is 2. The Balaban J connectivity index is 1.72. The first kappa shape index (κ1) is 27.8. The van der Waals surface area contributed by atoms with Crippen LogP contribution in [0, 0.1) is 5.92 Å². The number of carbonyl (C=O) groups is 2. The molecule has 9 heteroatoms. The zero-order chi connectivity index (χ0) is 26.2. The number of nitrogens with one attached hydrogen (secondary N) is 1. The molecule has 0 bridgehead atoms. The van der Waals surface area contributed by atoms with Crippen LogP contribution in [0.2, 0.25) is 0 Å². The van der Waals surface area contributed by atoms with E-state index in [0.29, 0.717) is 13.0 Å². The number of carbonyl (C=O) groups excluding carboxylic acids is 2. The predicted molar refractivity (Wildman–Crippen MR) is 146 cm³/mol. The van der Waals surface area contributed by atoms with Crippen molar-refractivity contribution in [2.45, 2.75) is 52.8 Å². The van der Waals surface area contributed by atoms with E-state index < -0.39 is 12.0 Å². The van der Waals surface area contributed by atoms with Crippen LogP contribution in [0.4, 0.5) is 0 Å². The fourth-order valence-corrected chi connectivity index (χ4v) is 5.21. The molecule has 0 saturated carbocycles. The summed E-state index contributed by atoms with van der Waals surface area (Å²) in [4.78, 5) is 36.7. The average molecular weight is 513 g/mol. The molecule has 8 nitrogen and oxygen atoms in total. The Kier molecular flexibility index (Phi) is 10.0. The summed E-state index contributed by atoms with van der Waals surface area (Å²) in [5.74, 6) is -0.197. The second-order valence-electron chi connectivity index (χ2n) is 9.17. The van der Waals surface area contributed by atoms with Gasteiger partial charge in [0.15, 0.2) is 0 Å². The highest BCUT2D eigenvalue weighted by Gasteiger charge is 2.38. The summed E-state index contributed by atoms with van der Waals surface area (Å²) in [6.07, 6.45) is 3.64. The second kappa shape index (κ2) is 13.0. The molecule has 2 heterocycles. The number of aliphatic imine (C=N–C) groups is 2. The molecule has 2 N–H and O–H groups in total. The molecule has 0 radical (unpaired) electrons. The maximum Gasteiger partial charge on any atom is 0.272 e. The van der Waals surface area contributed by atoms with Crippen molar-refractivity contribution in [3.8, 4) is 0 Å². The summed E-state index contributed by atoms with van der Waals surface area (Å²) < 4.78 is 4.85. The van der Waals surface area contributed by atoms with Crippen molar-refractivity contribution in [2.75, 3.05) is 26.0 Å².